The second-order valence-electron chi connectivity index (χ2n) is 29.9. The maximum atomic E-state index is 15.2. The predicted molar refractivity (Wildman–Crippen MR) is 457 cm³/mol. The van der Waals surface area contributed by atoms with Crippen molar-refractivity contribution in [2.75, 3.05) is 86.3 Å². The molecule has 2 saturated heterocycles. The topological polar surface area (TPSA) is 257 Å². The first-order chi connectivity index (χ1) is 57.0. The van der Waals surface area contributed by atoms with Crippen molar-refractivity contribution < 1.29 is 106 Å². The number of phosphoric ester groups is 2. The van der Waals surface area contributed by atoms with Crippen LogP contribution in [-0.2, 0) is 95.0 Å². The van der Waals surface area contributed by atoms with Gasteiger partial charge in [-0.05, 0) is 75.5 Å². The van der Waals surface area contributed by atoms with E-state index in [1.165, 1.54) is 107 Å². The second-order valence-corrected chi connectivity index (χ2v) is 33.2. The lowest BCUT2D eigenvalue weighted by Crippen LogP contribution is -2.67. The standard InChI is InChI=1S/C90H157NO22P2/c1-11-20-24-28-31-34-37-38-39-40-41-42-45-49-53-57-81(92)91-82-85(100-70-62-78(56-52-48-27-23-14-4)103-73-76-58-60-77(97-10)61-59-76)84(113-115(96,108-66-18-8)109-67-19-9)80(75-105-90(94)102-63-15-5)112-88(82)104-74-79-83(93)86(98-68-54-50-46-43-35-32-29-25-21-12-2)87(99-69-55-51-47-44-36-33-30-26-22-13-3)89(111-79)101-71-72-110-114(95,106-64-16-6)107-65-17-7/h15-19,34,37,58-61,78-80,82-89,93H,5-9,11-14,20-33,35-36,38-57,62-75H2,1-4,10H3,(H,91,92)/b37-34-/t78-,79-,80-,82-,83-,84-,85-,86+,87-,88-,89?/m1/s1/i68D,69D/t68?,69?,78-,79-,80-,82-,83-,84-,85-,86+,87-,88-,89?. The van der Waals surface area contributed by atoms with Gasteiger partial charge < -0.3 is 62.5 Å². The zero-order chi connectivity index (χ0) is 85.1. The van der Waals surface area contributed by atoms with Crippen molar-refractivity contribution in [1.29, 1.82) is 0 Å². The molecule has 1 aromatic carbocycles. The molecule has 2 aliphatic heterocycles. The zero-order valence-electron chi connectivity index (χ0n) is 73.6. The van der Waals surface area contributed by atoms with Crippen molar-refractivity contribution in [3.63, 3.8) is 0 Å². The van der Waals surface area contributed by atoms with Crippen LogP contribution >= 0.6 is 15.6 Å². The van der Waals surface area contributed by atoms with E-state index in [2.05, 4.69) is 78.1 Å². The number of carbonyl (C=O) groups is 2. The Hall–Kier alpha value is -3.94. The van der Waals surface area contributed by atoms with E-state index in [-0.39, 0.29) is 72.0 Å². The van der Waals surface area contributed by atoms with Crippen molar-refractivity contribution >= 4 is 27.7 Å². The van der Waals surface area contributed by atoms with E-state index in [9.17, 15) is 22.0 Å². The number of unbranched alkanes of at least 4 members (excludes halogenated alkanes) is 31. The molecule has 13 atom stereocenters. The fourth-order valence-corrected chi connectivity index (χ4v) is 15.9. The highest BCUT2D eigenvalue weighted by atomic mass is 31.2. The van der Waals surface area contributed by atoms with Crippen LogP contribution in [0.4, 0.5) is 4.79 Å². The Bertz CT molecular complexity index is 2760. The van der Waals surface area contributed by atoms with Gasteiger partial charge in [0.05, 0.1) is 68.8 Å². The summed E-state index contributed by atoms with van der Waals surface area (Å²) >= 11 is 0. The van der Waals surface area contributed by atoms with Gasteiger partial charge in [-0.3, -0.25) is 31.9 Å². The summed E-state index contributed by atoms with van der Waals surface area (Å²) in [7, 11) is -7.31. The summed E-state index contributed by atoms with van der Waals surface area (Å²) in [4.78, 5) is 28.4. The van der Waals surface area contributed by atoms with Crippen LogP contribution in [-0.4, -0.2) is 171 Å². The van der Waals surface area contributed by atoms with Crippen LogP contribution in [0.5, 0.6) is 5.75 Å². The van der Waals surface area contributed by atoms with Gasteiger partial charge >= 0.3 is 21.8 Å². The molecule has 2 fully saturated rings. The van der Waals surface area contributed by atoms with E-state index < -0.39 is 115 Å². The molecule has 3 unspecified atom stereocenters. The van der Waals surface area contributed by atoms with Gasteiger partial charge in [-0.15, -0.1) is 26.3 Å². The normalized spacial score (nSPS) is 20.9. The number of benzene rings is 1. The number of carbonyl (C=O) groups excluding carboxylic acids is 2. The first-order valence-electron chi connectivity index (χ1n) is 45.3. The molecule has 0 radical (unpaired) electrons. The molecule has 2 heterocycles. The Labute approximate surface area is 697 Å². The number of ether oxygens (including phenoxy) is 11. The molecular formula is C90H157NO22P2. The molecule has 664 valence electrons. The molecule has 3 rings (SSSR count). The Balaban J connectivity index is 2.28. The molecule has 1 aromatic rings. The van der Waals surface area contributed by atoms with E-state index in [0.717, 1.165) is 140 Å². The number of phosphoric acid groups is 2. The number of rotatable bonds is 80. The van der Waals surface area contributed by atoms with E-state index in [1.807, 2.05) is 24.3 Å². The van der Waals surface area contributed by atoms with E-state index in [4.69, 9.17) is 79.2 Å². The van der Waals surface area contributed by atoms with Gasteiger partial charge in [0.2, 0.25) is 5.91 Å². The van der Waals surface area contributed by atoms with Crippen LogP contribution in [0.3, 0.4) is 0 Å². The second kappa shape index (κ2) is 70.7. The quantitative estimate of drug-likeness (QED) is 0.0266. The summed E-state index contributed by atoms with van der Waals surface area (Å²) in [5, 5.41) is 16.2. The molecule has 0 aliphatic carbocycles. The van der Waals surface area contributed by atoms with Crippen molar-refractivity contribution in [3.8, 4) is 5.75 Å². The van der Waals surface area contributed by atoms with Gasteiger partial charge in [0.1, 0.15) is 67.7 Å². The Morgan fingerprint density at radius 2 is 0.948 bits per heavy atom. The van der Waals surface area contributed by atoms with Gasteiger partial charge in [-0.1, -0.05) is 288 Å². The number of amides is 1. The smallest absolute Gasteiger partial charge is 0.497 e. The largest absolute Gasteiger partial charge is 0.508 e. The van der Waals surface area contributed by atoms with Gasteiger partial charge in [0.15, 0.2) is 12.6 Å². The van der Waals surface area contributed by atoms with Crippen molar-refractivity contribution in [1.82, 2.24) is 5.32 Å². The molecule has 25 heteroatoms. The van der Waals surface area contributed by atoms with E-state index in [0.29, 0.717) is 50.7 Å². The van der Waals surface area contributed by atoms with Gasteiger partial charge in [0.25, 0.3) is 0 Å². The monoisotopic (exact) mass is 1670 g/mol. The summed E-state index contributed by atoms with van der Waals surface area (Å²) in [6.07, 6.45) is 36.2. The maximum Gasteiger partial charge on any atom is 0.508 e. The maximum absolute atomic E-state index is 15.2. The van der Waals surface area contributed by atoms with Crippen LogP contribution in [0.15, 0.2) is 99.7 Å². The summed E-state index contributed by atoms with van der Waals surface area (Å²) in [6.45, 7) is 22.2. The average molecular weight is 1670 g/mol. The SMILES string of the molecule is [2H]C(CCCCCCCCCCC)O[C@H]1[C@H](O)[C@@H](CO[C@@H]2O[C@H](COC(=O)OCC=C)[C@@H](OP(=O)(OCC=C)OCC=C)[C@H](OCC[C@@H](CCCCCCC)OCc3ccc(OC)cc3)[C@H]2NC(=O)CCCCCCCCC/C=C\CCCCCC)OC(OCCOP(=O)(OCC=C)OCC=C)[C@@H]1OC([2H])CCCCCCCCCCC. The lowest BCUT2D eigenvalue weighted by Gasteiger charge is -2.47. The molecule has 23 nitrogen and oxygen atoms in total. The number of hydrogen-bond acceptors (Lipinski definition) is 22. The fraction of sp³-hybridized carbons (Fsp3) is 0.778. The van der Waals surface area contributed by atoms with Crippen LogP contribution < -0.4 is 10.1 Å². The molecule has 0 bridgehead atoms. The Morgan fingerprint density at radius 1 is 0.478 bits per heavy atom. The van der Waals surface area contributed by atoms with Crippen molar-refractivity contribution in [2.24, 2.45) is 0 Å². The van der Waals surface area contributed by atoms with Crippen LogP contribution in [0.1, 0.15) is 299 Å². The lowest BCUT2D eigenvalue weighted by molar-refractivity contribution is -0.331. The fourth-order valence-electron chi connectivity index (χ4n) is 13.5. The highest BCUT2D eigenvalue weighted by Gasteiger charge is 2.54. The van der Waals surface area contributed by atoms with Crippen molar-refractivity contribution in [3.05, 3.63) is 105 Å². The van der Waals surface area contributed by atoms with Crippen LogP contribution in [0.25, 0.3) is 0 Å². The van der Waals surface area contributed by atoms with Gasteiger partial charge in [-0.25, -0.2) is 13.9 Å². The highest BCUT2D eigenvalue weighted by molar-refractivity contribution is 7.48. The summed E-state index contributed by atoms with van der Waals surface area (Å²) < 4.78 is 153. The summed E-state index contributed by atoms with van der Waals surface area (Å²) in [6, 6.07) is 6.28. The van der Waals surface area contributed by atoms with Crippen LogP contribution in [0.2, 0.25) is 0 Å². The van der Waals surface area contributed by atoms with Crippen molar-refractivity contribution in [2.45, 2.75) is 365 Å². The number of allylic oxidation sites excluding steroid dienone is 2. The van der Waals surface area contributed by atoms with Gasteiger partial charge in [-0.2, -0.15) is 0 Å². The van der Waals surface area contributed by atoms with Crippen LogP contribution in [0, 0.1) is 0 Å². The summed E-state index contributed by atoms with van der Waals surface area (Å²) in [5.74, 6) is 0.293. The predicted octanol–water partition coefficient (Wildman–Crippen LogP) is 22.5. The molecule has 2 N–H and O–H groups in total. The minimum atomic E-state index is -4.71. The minimum Gasteiger partial charge on any atom is -0.497 e. The molecule has 115 heavy (non-hydrogen) atoms. The third kappa shape index (κ3) is 50.2. The molecular weight excluding hydrogens is 1510 g/mol. The third-order valence-electron chi connectivity index (χ3n) is 20.0. The van der Waals surface area contributed by atoms with E-state index >= 15 is 4.57 Å². The first-order valence-corrected chi connectivity index (χ1v) is 47.1. The average Bonchev–Trinajstić information content (AvgIpc) is 0.777. The number of hydrogen-bond donors (Lipinski definition) is 2. The molecule has 1 amide bonds. The molecule has 2 aliphatic rings. The number of aliphatic hydroxyl groups excluding tert-OH is 1. The van der Waals surface area contributed by atoms with E-state index in [1.54, 1.807) is 7.11 Å². The minimum absolute atomic E-state index is 0.0469. The number of methoxy groups -OCH3 is 1. The highest BCUT2D eigenvalue weighted by Crippen LogP contribution is 2.53. The number of aliphatic hydroxyl groups is 1. The Morgan fingerprint density at radius 3 is 1.47 bits per heavy atom. The number of nitrogens with one attached hydrogen (secondary N) is 1. The summed E-state index contributed by atoms with van der Waals surface area (Å²) in [5.41, 5.74) is 0.925. The molecule has 0 saturated carbocycles. The molecule has 0 aromatic heterocycles. The molecule has 0 spiro atoms. The third-order valence-corrected chi connectivity index (χ3v) is 22.9. The first kappa shape index (κ1) is 102. The zero-order valence-corrected chi connectivity index (χ0v) is 73.4. The van der Waals surface area contributed by atoms with Gasteiger partial charge in [0, 0.05) is 26.2 Å². The lowest BCUT2D eigenvalue weighted by atomic mass is 9.95. The Kier molecular flexibility index (Phi) is 62.5.